The third-order valence-corrected chi connectivity index (χ3v) is 5.49. The lowest BCUT2D eigenvalue weighted by molar-refractivity contribution is -0.115. The van der Waals surface area contributed by atoms with Crippen LogP contribution in [0.25, 0.3) is 0 Å². The Hall–Kier alpha value is -0.450. The van der Waals surface area contributed by atoms with E-state index in [2.05, 4.69) is 6.92 Å². The van der Waals surface area contributed by atoms with E-state index in [4.69, 9.17) is 10.1 Å². The summed E-state index contributed by atoms with van der Waals surface area (Å²) < 4.78 is 5.71. The minimum atomic E-state index is -0.603. The van der Waals surface area contributed by atoms with Gasteiger partial charge in [-0.15, -0.1) is 0 Å². The van der Waals surface area contributed by atoms with E-state index >= 15 is 0 Å². The van der Waals surface area contributed by atoms with Crippen LogP contribution in [0.15, 0.2) is 0 Å². The molecule has 2 saturated carbocycles. The molecule has 0 aromatic rings. The summed E-state index contributed by atoms with van der Waals surface area (Å²) in [7, 11) is 0. The highest BCUT2D eigenvalue weighted by Gasteiger charge is 2.49. The SMILES string of the molecule is CCOC1CC(CC)(C(=N)C2CCC2)CC(CO)C1O. The zero-order valence-electron chi connectivity index (χ0n) is 12.8. The van der Waals surface area contributed by atoms with Crippen LogP contribution in [-0.4, -0.2) is 41.3 Å². The first-order chi connectivity index (χ1) is 9.57. The molecule has 2 fully saturated rings. The van der Waals surface area contributed by atoms with Gasteiger partial charge in [-0.25, -0.2) is 0 Å². The van der Waals surface area contributed by atoms with Gasteiger partial charge in [0, 0.05) is 30.3 Å². The van der Waals surface area contributed by atoms with E-state index in [0.717, 1.165) is 37.8 Å². The van der Waals surface area contributed by atoms with E-state index in [9.17, 15) is 10.2 Å². The summed E-state index contributed by atoms with van der Waals surface area (Å²) in [4.78, 5) is 0. The number of nitrogens with one attached hydrogen (secondary N) is 1. The first-order valence-corrected chi connectivity index (χ1v) is 8.07. The fraction of sp³-hybridized carbons (Fsp3) is 0.938. The highest BCUT2D eigenvalue weighted by Crippen LogP contribution is 2.48. The Morgan fingerprint density at radius 2 is 2.00 bits per heavy atom. The van der Waals surface area contributed by atoms with Gasteiger partial charge in [0.25, 0.3) is 0 Å². The molecule has 0 aromatic heterocycles. The Labute approximate surface area is 122 Å². The zero-order chi connectivity index (χ0) is 14.8. The molecule has 4 heteroatoms. The number of hydrogen-bond donors (Lipinski definition) is 3. The topological polar surface area (TPSA) is 73.5 Å². The summed E-state index contributed by atoms with van der Waals surface area (Å²) in [5.41, 5.74) is 0.665. The van der Waals surface area contributed by atoms with Gasteiger partial charge in [0.2, 0.25) is 0 Å². The predicted molar refractivity (Wildman–Crippen MR) is 79.0 cm³/mol. The van der Waals surface area contributed by atoms with E-state index < -0.39 is 6.10 Å². The molecule has 4 nitrogen and oxygen atoms in total. The van der Waals surface area contributed by atoms with Gasteiger partial charge in [-0.2, -0.15) is 0 Å². The minimum Gasteiger partial charge on any atom is -0.396 e. The Bertz CT molecular complexity index is 343. The van der Waals surface area contributed by atoms with Gasteiger partial charge in [0.1, 0.15) is 0 Å². The number of hydrogen-bond acceptors (Lipinski definition) is 4. The van der Waals surface area contributed by atoms with Crippen molar-refractivity contribution in [1.29, 1.82) is 5.41 Å². The quantitative estimate of drug-likeness (QED) is 0.655. The monoisotopic (exact) mass is 283 g/mol. The van der Waals surface area contributed by atoms with E-state index in [0.29, 0.717) is 12.5 Å². The molecule has 0 aliphatic heterocycles. The number of rotatable bonds is 6. The van der Waals surface area contributed by atoms with Gasteiger partial charge in [-0.3, -0.25) is 0 Å². The molecule has 2 aliphatic carbocycles. The van der Waals surface area contributed by atoms with Crippen LogP contribution in [0.5, 0.6) is 0 Å². The van der Waals surface area contributed by atoms with Gasteiger partial charge < -0.3 is 20.4 Å². The Balaban J connectivity index is 2.19. The summed E-state index contributed by atoms with van der Waals surface area (Å²) in [6, 6.07) is 0. The van der Waals surface area contributed by atoms with E-state index in [1.165, 1.54) is 6.42 Å². The molecule has 0 radical (unpaired) electrons. The average molecular weight is 283 g/mol. The maximum absolute atomic E-state index is 10.3. The molecular formula is C16H29NO3. The van der Waals surface area contributed by atoms with Crippen molar-refractivity contribution in [1.82, 2.24) is 0 Å². The summed E-state index contributed by atoms with van der Waals surface area (Å²) in [5, 5.41) is 28.5. The lowest BCUT2D eigenvalue weighted by atomic mass is 9.59. The van der Waals surface area contributed by atoms with E-state index in [1.807, 2.05) is 6.92 Å². The molecule has 2 rings (SSSR count). The Morgan fingerprint density at radius 1 is 1.30 bits per heavy atom. The van der Waals surface area contributed by atoms with Crippen molar-refractivity contribution in [3.63, 3.8) is 0 Å². The third-order valence-electron chi connectivity index (χ3n) is 5.49. The molecule has 0 aromatic carbocycles. The summed E-state index contributed by atoms with van der Waals surface area (Å²) in [6.45, 7) is 4.60. The van der Waals surface area contributed by atoms with Crippen LogP contribution in [0.2, 0.25) is 0 Å². The van der Waals surface area contributed by atoms with Crippen molar-refractivity contribution in [2.75, 3.05) is 13.2 Å². The van der Waals surface area contributed by atoms with Gasteiger partial charge in [0.15, 0.2) is 0 Å². The average Bonchev–Trinajstić information content (AvgIpc) is 2.39. The molecule has 116 valence electrons. The normalized spacial score (nSPS) is 38.5. The van der Waals surface area contributed by atoms with Crippen LogP contribution < -0.4 is 0 Å². The molecule has 0 heterocycles. The fourth-order valence-corrected chi connectivity index (χ4v) is 3.89. The summed E-state index contributed by atoms with van der Waals surface area (Å²) >= 11 is 0. The van der Waals surface area contributed by atoms with Gasteiger partial charge in [-0.1, -0.05) is 13.3 Å². The lowest BCUT2D eigenvalue weighted by Gasteiger charge is -2.49. The van der Waals surface area contributed by atoms with Crippen LogP contribution in [0.1, 0.15) is 52.4 Å². The molecule has 0 bridgehead atoms. The Kier molecular flexibility index (Phi) is 5.21. The van der Waals surface area contributed by atoms with Crippen LogP contribution in [-0.2, 0) is 4.74 Å². The fourth-order valence-electron chi connectivity index (χ4n) is 3.89. The first kappa shape index (κ1) is 15.9. The van der Waals surface area contributed by atoms with Crippen molar-refractivity contribution in [3.05, 3.63) is 0 Å². The smallest absolute Gasteiger partial charge is 0.0852 e. The lowest BCUT2D eigenvalue weighted by Crippen LogP contribution is -2.52. The number of aliphatic hydroxyl groups is 2. The maximum Gasteiger partial charge on any atom is 0.0852 e. The number of aliphatic hydroxyl groups excluding tert-OH is 2. The predicted octanol–water partition coefficient (Wildman–Crippen LogP) is 2.37. The van der Waals surface area contributed by atoms with Crippen LogP contribution >= 0.6 is 0 Å². The second-order valence-electron chi connectivity index (χ2n) is 6.51. The van der Waals surface area contributed by atoms with Crippen molar-refractivity contribution < 1.29 is 14.9 Å². The molecule has 4 unspecified atom stereocenters. The summed E-state index contributed by atoms with van der Waals surface area (Å²) in [5.74, 6) is 0.257. The molecule has 0 amide bonds. The van der Waals surface area contributed by atoms with Crippen molar-refractivity contribution in [2.24, 2.45) is 17.3 Å². The molecule has 2 aliphatic rings. The molecule has 20 heavy (non-hydrogen) atoms. The van der Waals surface area contributed by atoms with Crippen molar-refractivity contribution in [3.8, 4) is 0 Å². The molecule has 4 atom stereocenters. The minimum absolute atomic E-state index is 0.0234. The highest BCUT2D eigenvalue weighted by molar-refractivity contribution is 5.90. The van der Waals surface area contributed by atoms with Gasteiger partial charge >= 0.3 is 0 Å². The van der Waals surface area contributed by atoms with Crippen LogP contribution in [0, 0.1) is 22.7 Å². The van der Waals surface area contributed by atoms with Gasteiger partial charge in [0.05, 0.1) is 12.2 Å². The summed E-state index contributed by atoms with van der Waals surface area (Å²) in [6.07, 6.45) is 4.99. The second-order valence-corrected chi connectivity index (χ2v) is 6.51. The van der Waals surface area contributed by atoms with Crippen LogP contribution in [0.4, 0.5) is 0 Å². The van der Waals surface area contributed by atoms with E-state index in [1.54, 1.807) is 0 Å². The van der Waals surface area contributed by atoms with Crippen LogP contribution in [0.3, 0.4) is 0 Å². The largest absolute Gasteiger partial charge is 0.396 e. The second kappa shape index (κ2) is 6.54. The zero-order valence-corrected chi connectivity index (χ0v) is 12.8. The third kappa shape index (κ3) is 2.78. The molecular weight excluding hydrogens is 254 g/mol. The van der Waals surface area contributed by atoms with Gasteiger partial charge in [-0.05, 0) is 44.9 Å². The molecule has 0 spiro atoms. The maximum atomic E-state index is 10.3. The molecule has 0 saturated heterocycles. The first-order valence-electron chi connectivity index (χ1n) is 8.07. The van der Waals surface area contributed by atoms with E-state index in [-0.39, 0.29) is 24.0 Å². The van der Waals surface area contributed by atoms with Crippen molar-refractivity contribution >= 4 is 5.71 Å². The number of ether oxygens (including phenoxy) is 1. The molecule has 3 N–H and O–H groups in total. The Morgan fingerprint density at radius 3 is 2.45 bits per heavy atom. The van der Waals surface area contributed by atoms with Crippen molar-refractivity contribution in [2.45, 2.75) is 64.6 Å². The standard InChI is InChI=1S/C16H29NO3/c1-3-16(15(17)11-6-5-7-11)8-12(10-18)14(19)13(9-16)20-4-2/h11-14,17-19H,3-10H2,1-2H3. The highest BCUT2D eigenvalue weighted by atomic mass is 16.5.